The van der Waals surface area contributed by atoms with Crippen molar-refractivity contribution in [2.45, 2.75) is 19.5 Å². The van der Waals surface area contributed by atoms with Crippen LogP contribution in [-0.2, 0) is 4.74 Å². The van der Waals surface area contributed by atoms with E-state index in [1.165, 1.54) is 11.9 Å². The highest BCUT2D eigenvalue weighted by atomic mass is 127. The molecule has 0 bridgehead atoms. The second-order valence-electron chi connectivity index (χ2n) is 4.39. The standard InChI is InChI=1S/C12H25F3N4O.HI/c1-4-16-11(17-6-5-9-20-3)18-7-8-19(2)10-12(13,14)15;/h4-10H2,1-3H3,(H2,16,17,18);1H. The molecule has 0 aromatic heterocycles. The maximum absolute atomic E-state index is 12.1. The van der Waals surface area contributed by atoms with E-state index in [1.54, 1.807) is 7.11 Å². The van der Waals surface area contributed by atoms with Gasteiger partial charge in [-0.3, -0.25) is 9.89 Å². The number of hydrogen-bond acceptors (Lipinski definition) is 3. The van der Waals surface area contributed by atoms with Crippen LogP contribution in [0.15, 0.2) is 4.99 Å². The first kappa shape index (κ1) is 23.0. The molecule has 0 aliphatic rings. The normalized spacial score (nSPS) is 12.2. The molecule has 21 heavy (non-hydrogen) atoms. The minimum Gasteiger partial charge on any atom is -0.385 e. The van der Waals surface area contributed by atoms with Crippen molar-refractivity contribution in [3.8, 4) is 0 Å². The number of alkyl halides is 3. The summed E-state index contributed by atoms with van der Waals surface area (Å²) in [5.41, 5.74) is 0. The van der Waals surface area contributed by atoms with Gasteiger partial charge in [-0.15, -0.1) is 24.0 Å². The molecular weight excluding hydrogens is 400 g/mol. The van der Waals surface area contributed by atoms with E-state index in [0.29, 0.717) is 38.7 Å². The van der Waals surface area contributed by atoms with Crippen LogP contribution in [0, 0.1) is 0 Å². The van der Waals surface area contributed by atoms with Crippen LogP contribution in [-0.4, -0.2) is 70.5 Å². The summed E-state index contributed by atoms with van der Waals surface area (Å²) < 4.78 is 41.3. The Morgan fingerprint density at radius 2 is 1.95 bits per heavy atom. The lowest BCUT2D eigenvalue weighted by molar-refractivity contribution is -0.142. The third kappa shape index (κ3) is 15.9. The molecule has 0 aliphatic heterocycles. The van der Waals surface area contributed by atoms with Crippen LogP contribution in [0.3, 0.4) is 0 Å². The number of hydrogen-bond donors (Lipinski definition) is 2. The van der Waals surface area contributed by atoms with Crippen molar-refractivity contribution in [1.29, 1.82) is 0 Å². The highest BCUT2D eigenvalue weighted by molar-refractivity contribution is 14.0. The SMILES string of the molecule is CCNC(=NCCCOC)NCCN(C)CC(F)(F)F.I. The lowest BCUT2D eigenvalue weighted by atomic mass is 10.4. The number of methoxy groups -OCH3 is 1. The fourth-order valence-corrected chi connectivity index (χ4v) is 1.49. The molecule has 0 radical (unpaired) electrons. The molecule has 0 atom stereocenters. The average molecular weight is 426 g/mol. The second-order valence-corrected chi connectivity index (χ2v) is 4.39. The van der Waals surface area contributed by atoms with Gasteiger partial charge >= 0.3 is 6.18 Å². The summed E-state index contributed by atoms with van der Waals surface area (Å²) in [6.45, 7) is 3.68. The van der Waals surface area contributed by atoms with Crippen LogP contribution < -0.4 is 10.6 Å². The topological polar surface area (TPSA) is 48.9 Å². The van der Waals surface area contributed by atoms with E-state index >= 15 is 0 Å². The Balaban J connectivity index is 0. The molecule has 0 amide bonds. The van der Waals surface area contributed by atoms with Crippen molar-refractivity contribution in [2.24, 2.45) is 4.99 Å². The van der Waals surface area contributed by atoms with E-state index in [2.05, 4.69) is 15.6 Å². The average Bonchev–Trinajstić information content (AvgIpc) is 2.32. The van der Waals surface area contributed by atoms with E-state index < -0.39 is 12.7 Å². The Kier molecular flexibility index (Phi) is 14.6. The molecule has 0 fully saturated rings. The molecule has 0 heterocycles. The number of rotatable bonds is 9. The van der Waals surface area contributed by atoms with Crippen LogP contribution in [0.2, 0.25) is 0 Å². The van der Waals surface area contributed by atoms with E-state index in [0.717, 1.165) is 6.42 Å². The van der Waals surface area contributed by atoms with Gasteiger partial charge in [0, 0.05) is 39.9 Å². The first-order chi connectivity index (χ1) is 9.39. The zero-order valence-corrected chi connectivity index (χ0v) is 15.1. The van der Waals surface area contributed by atoms with Crippen molar-refractivity contribution in [3.05, 3.63) is 0 Å². The van der Waals surface area contributed by atoms with Gasteiger partial charge in [0.1, 0.15) is 0 Å². The molecule has 0 rings (SSSR count). The van der Waals surface area contributed by atoms with Crippen LogP contribution in [0.1, 0.15) is 13.3 Å². The summed E-state index contributed by atoms with van der Waals surface area (Å²) in [5.74, 6) is 0.615. The molecule has 0 saturated heterocycles. The van der Waals surface area contributed by atoms with Crippen molar-refractivity contribution >= 4 is 29.9 Å². The van der Waals surface area contributed by atoms with Gasteiger partial charge in [0.25, 0.3) is 0 Å². The third-order valence-corrected chi connectivity index (χ3v) is 2.36. The molecule has 0 aromatic rings. The Bertz CT molecular complexity index is 278. The summed E-state index contributed by atoms with van der Waals surface area (Å²) in [5, 5.41) is 6.04. The molecule has 5 nitrogen and oxygen atoms in total. The van der Waals surface area contributed by atoms with E-state index in [1.807, 2.05) is 6.92 Å². The maximum atomic E-state index is 12.1. The van der Waals surface area contributed by atoms with Gasteiger partial charge in [-0.25, -0.2) is 0 Å². The van der Waals surface area contributed by atoms with Gasteiger partial charge in [-0.1, -0.05) is 0 Å². The second kappa shape index (κ2) is 13.4. The molecule has 128 valence electrons. The number of nitrogens with zero attached hydrogens (tertiary/aromatic N) is 2. The summed E-state index contributed by atoms with van der Waals surface area (Å²) in [6.07, 6.45) is -3.35. The first-order valence-electron chi connectivity index (χ1n) is 6.65. The maximum Gasteiger partial charge on any atom is 0.401 e. The van der Waals surface area contributed by atoms with E-state index in [9.17, 15) is 13.2 Å². The summed E-state index contributed by atoms with van der Waals surface area (Å²) in [4.78, 5) is 5.52. The van der Waals surface area contributed by atoms with Gasteiger partial charge < -0.3 is 15.4 Å². The molecule has 2 N–H and O–H groups in total. The van der Waals surface area contributed by atoms with Crippen LogP contribution >= 0.6 is 24.0 Å². The lowest BCUT2D eigenvalue weighted by Gasteiger charge is -2.19. The Morgan fingerprint density at radius 3 is 2.48 bits per heavy atom. The molecule has 0 spiro atoms. The zero-order chi connectivity index (χ0) is 15.4. The van der Waals surface area contributed by atoms with Gasteiger partial charge in [-0.05, 0) is 20.4 Å². The van der Waals surface area contributed by atoms with Gasteiger partial charge in [0.2, 0.25) is 0 Å². The first-order valence-corrected chi connectivity index (χ1v) is 6.65. The number of ether oxygens (including phenoxy) is 1. The lowest BCUT2D eigenvalue weighted by Crippen LogP contribution is -2.42. The van der Waals surface area contributed by atoms with Crippen molar-refractivity contribution in [2.75, 3.05) is 53.5 Å². The summed E-state index contributed by atoms with van der Waals surface area (Å²) in [6, 6.07) is 0. The number of aliphatic imine (C=N–C) groups is 1. The smallest absolute Gasteiger partial charge is 0.385 e. The number of halogens is 4. The minimum atomic E-state index is -4.16. The van der Waals surface area contributed by atoms with Gasteiger partial charge in [0.05, 0.1) is 6.54 Å². The van der Waals surface area contributed by atoms with Crippen molar-refractivity contribution in [3.63, 3.8) is 0 Å². The van der Waals surface area contributed by atoms with Crippen LogP contribution in [0.4, 0.5) is 13.2 Å². The Hall–Kier alpha value is -0.290. The number of likely N-dealkylation sites (N-methyl/N-ethyl adjacent to an activating group) is 1. The van der Waals surface area contributed by atoms with Crippen LogP contribution in [0.5, 0.6) is 0 Å². The predicted octanol–water partition coefficient (Wildman–Crippen LogP) is 1.69. The minimum absolute atomic E-state index is 0. The van der Waals surface area contributed by atoms with Gasteiger partial charge in [-0.2, -0.15) is 13.2 Å². The fraction of sp³-hybridized carbons (Fsp3) is 0.917. The zero-order valence-electron chi connectivity index (χ0n) is 12.8. The predicted molar refractivity (Wildman–Crippen MR) is 89.4 cm³/mol. The highest BCUT2D eigenvalue weighted by Gasteiger charge is 2.28. The summed E-state index contributed by atoms with van der Waals surface area (Å²) >= 11 is 0. The Morgan fingerprint density at radius 1 is 1.29 bits per heavy atom. The van der Waals surface area contributed by atoms with Crippen LogP contribution in [0.25, 0.3) is 0 Å². The quantitative estimate of drug-likeness (QED) is 0.255. The fourth-order valence-electron chi connectivity index (χ4n) is 1.49. The van der Waals surface area contributed by atoms with Gasteiger partial charge in [0.15, 0.2) is 5.96 Å². The largest absolute Gasteiger partial charge is 0.401 e. The highest BCUT2D eigenvalue weighted by Crippen LogP contribution is 2.14. The van der Waals surface area contributed by atoms with E-state index in [4.69, 9.17) is 4.74 Å². The third-order valence-electron chi connectivity index (χ3n) is 2.36. The number of guanidine groups is 1. The molecule has 9 heteroatoms. The molecule has 0 aliphatic carbocycles. The molecule has 0 unspecified atom stereocenters. The monoisotopic (exact) mass is 426 g/mol. The Labute approximate surface area is 141 Å². The summed E-state index contributed by atoms with van der Waals surface area (Å²) in [7, 11) is 3.07. The van der Waals surface area contributed by atoms with Crippen molar-refractivity contribution in [1.82, 2.24) is 15.5 Å². The molecule has 0 saturated carbocycles. The molecular formula is C12H26F3IN4O. The number of nitrogens with one attached hydrogen (secondary N) is 2. The molecule has 0 aromatic carbocycles. The van der Waals surface area contributed by atoms with Crippen molar-refractivity contribution < 1.29 is 17.9 Å². The van der Waals surface area contributed by atoms with E-state index in [-0.39, 0.29) is 24.0 Å².